The zero-order chi connectivity index (χ0) is 18.4. The Bertz CT molecular complexity index is 805. The third-order valence-electron chi connectivity index (χ3n) is 3.18. The van der Waals surface area contributed by atoms with E-state index < -0.39 is 5.97 Å². The highest BCUT2D eigenvalue weighted by molar-refractivity contribution is 5.91. The number of aromatic carboxylic acids is 1. The van der Waals surface area contributed by atoms with E-state index in [9.17, 15) is 9.90 Å². The maximum Gasteiger partial charge on any atom is 0.339 e. The Hall–Kier alpha value is -2.89. The average molecular weight is 346 g/mol. The van der Waals surface area contributed by atoms with E-state index in [0.717, 1.165) is 23.3 Å². The molecule has 0 radical (unpaired) electrons. The minimum absolute atomic E-state index is 0.140. The number of rotatable bonds is 6. The van der Waals surface area contributed by atoms with Crippen LogP contribution in [0.4, 0.5) is 0 Å². The molecular formula is C19H22O6. The van der Waals surface area contributed by atoms with Crippen molar-refractivity contribution in [3.8, 4) is 17.2 Å². The number of ether oxygens (including phenoxy) is 2. The van der Waals surface area contributed by atoms with Gasteiger partial charge in [0.2, 0.25) is 0 Å². The second kappa shape index (κ2) is 8.28. The molecule has 2 aromatic heterocycles. The van der Waals surface area contributed by atoms with Crippen LogP contribution < -0.4 is 9.47 Å². The third-order valence-corrected chi connectivity index (χ3v) is 3.18. The standard InChI is InChI=1S/C10H12O4.C9H10O2/c1-2-5-14-7-3-4-9(11)8(6-7)10(12)13;1-6(2)10-9-5-7-3-4-8(9)11-7/h3-4,6,11H,2,5H2,1H3,(H,12,13);3-6H,1-2H3. The Kier molecular flexibility index (Phi) is 6.11. The fourth-order valence-electron chi connectivity index (χ4n) is 2.11. The van der Waals surface area contributed by atoms with Crippen LogP contribution in [0.3, 0.4) is 0 Å². The predicted octanol–water partition coefficient (Wildman–Crippen LogP) is 4.54. The lowest BCUT2D eigenvalue weighted by Crippen LogP contribution is -2.04. The number of carboxylic acids is 1. The van der Waals surface area contributed by atoms with Gasteiger partial charge in [-0.25, -0.2) is 4.79 Å². The molecule has 0 fully saturated rings. The minimum Gasteiger partial charge on any atom is -0.507 e. The van der Waals surface area contributed by atoms with Gasteiger partial charge in [-0.3, -0.25) is 0 Å². The molecule has 2 heterocycles. The van der Waals surface area contributed by atoms with Crippen LogP contribution in [0.1, 0.15) is 37.6 Å². The lowest BCUT2D eigenvalue weighted by Gasteiger charge is -2.06. The van der Waals surface area contributed by atoms with Crippen LogP contribution in [0.15, 0.2) is 40.8 Å². The number of carbonyl (C=O) groups is 1. The molecule has 0 unspecified atom stereocenters. The van der Waals surface area contributed by atoms with Gasteiger partial charge in [0.1, 0.15) is 22.6 Å². The molecule has 6 nitrogen and oxygen atoms in total. The lowest BCUT2D eigenvalue weighted by molar-refractivity contribution is 0.0693. The molecule has 0 saturated heterocycles. The summed E-state index contributed by atoms with van der Waals surface area (Å²) < 4.78 is 16.0. The summed E-state index contributed by atoms with van der Waals surface area (Å²) in [4.78, 5) is 10.6. The van der Waals surface area contributed by atoms with Crippen molar-refractivity contribution in [3.05, 3.63) is 42.0 Å². The maximum atomic E-state index is 10.6. The van der Waals surface area contributed by atoms with E-state index in [-0.39, 0.29) is 17.4 Å². The molecule has 0 saturated carbocycles. The van der Waals surface area contributed by atoms with Crippen LogP contribution in [-0.2, 0) is 0 Å². The third kappa shape index (κ3) is 5.04. The van der Waals surface area contributed by atoms with Crippen molar-refractivity contribution in [1.29, 1.82) is 0 Å². The van der Waals surface area contributed by atoms with E-state index in [4.69, 9.17) is 19.0 Å². The number of hydrogen-bond donors (Lipinski definition) is 2. The van der Waals surface area contributed by atoms with Crippen molar-refractivity contribution in [2.75, 3.05) is 6.61 Å². The van der Waals surface area contributed by atoms with Gasteiger partial charge in [0.05, 0.1) is 12.7 Å². The first-order valence-electron chi connectivity index (χ1n) is 8.08. The first-order valence-corrected chi connectivity index (χ1v) is 8.08. The zero-order valence-corrected chi connectivity index (χ0v) is 14.5. The molecule has 0 aliphatic heterocycles. The molecule has 0 atom stereocenters. The van der Waals surface area contributed by atoms with Crippen molar-refractivity contribution in [1.82, 2.24) is 0 Å². The molecule has 134 valence electrons. The average Bonchev–Trinajstić information content (AvgIpc) is 3.16. The van der Waals surface area contributed by atoms with E-state index >= 15 is 0 Å². The van der Waals surface area contributed by atoms with Crippen molar-refractivity contribution < 1.29 is 28.9 Å². The summed E-state index contributed by atoms with van der Waals surface area (Å²) in [5.74, 6) is -0.0923. The number of benzene rings is 2. The molecule has 0 aliphatic rings. The number of fused-ring (bicyclic) bond motifs is 2. The molecule has 2 bridgehead atoms. The molecule has 3 aromatic rings. The molecule has 6 heteroatoms. The van der Waals surface area contributed by atoms with Gasteiger partial charge in [-0.05, 0) is 50.6 Å². The number of hydrogen-bond acceptors (Lipinski definition) is 5. The van der Waals surface area contributed by atoms with Gasteiger partial charge in [0.25, 0.3) is 0 Å². The van der Waals surface area contributed by atoms with Crippen molar-refractivity contribution in [2.45, 2.75) is 33.3 Å². The topological polar surface area (TPSA) is 89.1 Å². The van der Waals surface area contributed by atoms with Crippen LogP contribution >= 0.6 is 0 Å². The molecule has 0 amide bonds. The van der Waals surface area contributed by atoms with E-state index in [1.54, 1.807) is 0 Å². The van der Waals surface area contributed by atoms with E-state index in [2.05, 4.69) is 0 Å². The zero-order valence-electron chi connectivity index (χ0n) is 14.5. The molecule has 2 N–H and O–H groups in total. The SMILES string of the molecule is CC(C)Oc1cc2ccc1o2.CCCOc1ccc(O)c(C(=O)O)c1. The molecule has 0 spiro atoms. The number of phenols is 1. The predicted molar refractivity (Wildman–Crippen MR) is 94.0 cm³/mol. The Labute approximate surface area is 145 Å². The van der Waals surface area contributed by atoms with Crippen molar-refractivity contribution >= 4 is 17.1 Å². The van der Waals surface area contributed by atoms with Crippen molar-refractivity contribution in [2.24, 2.45) is 0 Å². The summed E-state index contributed by atoms with van der Waals surface area (Å²) in [5, 5.41) is 17.9. The Morgan fingerprint density at radius 1 is 1.20 bits per heavy atom. The van der Waals surface area contributed by atoms with E-state index in [1.165, 1.54) is 18.2 Å². The minimum atomic E-state index is -1.16. The van der Waals surface area contributed by atoms with Gasteiger partial charge in [-0.15, -0.1) is 0 Å². The first kappa shape index (κ1) is 18.4. The highest BCUT2D eigenvalue weighted by Gasteiger charge is 2.10. The van der Waals surface area contributed by atoms with Crippen LogP contribution in [0.5, 0.6) is 17.2 Å². The summed E-state index contributed by atoms with van der Waals surface area (Å²) in [6.07, 6.45) is 1.06. The molecule has 25 heavy (non-hydrogen) atoms. The van der Waals surface area contributed by atoms with Crippen molar-refractivity contribution in [3.63, 3.8) is 0 Å². The largest absolute Gasteiger partial charge is 0.507 e. The second-order valence-electron chi connectivity index (χ2n) is 5.71. The fourth-order valence-corrected chi connectivity index (χ4v) is 2.11. The van der Waals surface area contributed by atoms with Gasteiger partial charge in [0.15, 0.2) is 11.3 Å². The quantitative estimate of drug-likeness (QED) is 0.681. The Morgan fingerprint density at radius 3 is 2.48 bits per heavy atom. The Balaban J connectivity index is 0.000000185. The van der Waals surface area contributed by atoms with Gasteiger partial charge in [-0.1, -0.05) is 6.92 Å². The summed E-state index contributed by atoms with van der Waals surface area (Å²) in [6, 6.07) is 9.93. The van der Waals surface area contributed by atoms with Gasteiger partial charge in [-0.2, -0.15) is 0 Å². The van der Waals surface area contributed by atoms with Crippen LogP contribution in [-0.4, -0.2) is 28.9 Å². The summed E-state index contributed by atoms with van der Waals surface area (Å²) in [5.41, 5.74) is 1.59. The molecule has 0 aliphatic carbocycles. The molecule has 3 rings (SSSR count). The fraction of sp³-hybridized carbons (Fsp3) is 0.316. The first-order chi connectivity index (χ1) is 11.9. The van der Waals surface area contributed by atoms with Crippen LogP contribution in [0, 0.1) is 0 Å². The van der Waals surface area contributed by atoms with Crippen LogP contribution in [0.25, 0.3) is 11.2 Å². The highest BCUT2D eigenvalue weighted by atomic mass is 16.5. The number of carboxylic acid groups (broad SMARTS) is 1. The van der Waals surface area contributed by atoms with Crippen LogP contribution in [0.2, 0.25) is 0 Å². The van der Waals surface area contributed by atoms with Gasteiger partial charge in [0, 0.05) is 6.07 Å². The summed E-state index contributed by atoms with van der Waals surface area (Å²) >= 11 is 0. The number of furan rings is 2. The normalized spacial score (nSPS) is 10.6. The van der Waals surface area contributed by atoms with Gasteiger partial charge >= 0.3 is 5.97 Å². The molecular weight excluding hydrogens is 324 g/mol. The Morgan fingerprint density at radius 2 is 1.96 bits per heavy atom. The van der Waals surface area contributed by atoms with Gasteiger partial charge < -0.3 is 24.1 Å². The van der Waals surface area contributed by atoms with E-state index in [0.29, 0.717) is 12.4 Å². The summed E-state index contributed by atoms with van der Waals surface area (Å²) in [7, 11) is 0. The maximum absolute atomic E-state index is 10.6. The van der Waals surface area contributed by atoms with E-state index in [1.807, 2.05) is 39.0 Å². The summed E-state index contributed by atoms with van der Waals surface area (Å²) in [6.45, 7) is 6.49. The second-order valence-corrected chi connectivity index (χ2v) is 5.71. The smallest absolute Gasteiger partial charge is 0.339 e. The highest BCUT2D eigenvalue weighted by Crippen LogP contribution is 2.29. The lowest BCUT2D eigenvalue weighted by atomic mass is 10.2. The molecule has 1 aromatic carbocycles. The monoisotopic (exact) mass is 346 g/mol. The number of aromatic hydroxyl groups is 1.